The molecule has 3 nitrogen and oxygen atoms in total. The Labute approximate surface area is 169 Å². The van der Waals surface area contributed by atoms with Gasteiger partial charge in [0.2, 0.25) is 0 Å². The van der Waals surface area contributed by atoms with Gasteiger partial charge in [0.15, 0.2) is 0 Å². The number of fused-ring (bicyclic) bond motifs is 4. The van der Waals surface area contributed by atoms with Gasteiger partial charge in [0, 0.05) is 11.1 Å². The Bertz CT molecular complexity index is 1300. The van der Waals surface area contributed by atoms with Crippen LogP contribution in [0, 0.1) is 13.8 Å². The first-order valence-electron chi connectivity index (χ1n) is 10.3. The fourth-order valence-electron chi connectivity index (χ4n) is 4.57. The van der Waals surface area contributed by atoms with E-state index in [-0.39, 0.29) is 5.63 Å². The molecule has 0 N–H and O–H groups in total. The monoisotopic (exact) mass is 384 g/mol. The molecule has 1 aromatic heterocycles. The maximum atomic E-state index is 12.5. The van der Waals surface area contributed by atoms with Gasteiger partial charge >= 0.3 is 5.63 Å². The van der Waals surface area contributed by atoms with Crippen LogP contribution in [0.5, 0.6) is 5.75 Å². The molecule has 0 amide bonds. The predicted octanol–water partition coefficient (Wildman–Crippen LogP) is 6.02. The van der Waals surface area contributed by atoms with Crippen LogP contribution in [0.2, 0.25) is 0 Å². The van der Waals surface area contributed by atoms with E-state index in [1.807, 2.05) is 13.0 Å². The SMILES string of the molecule is Cc1cc(OCc2c(C)ccc3ccccc23)c2c3c(c(=O)oc2c1)CCCC3. The van der Waals surface area contributed by atoms with Crippen molar-refractivity contribution in [1.82, 2.24) is 0 Å². The number of ether oxygens (including phenoxy) is 1. The summed E-state index contributed by atoms with van der Waals surface area (Å²) in [6, 6.07) is 16.7. The zero-order valence-corrected chi connectivity index (χ0v) is 16.9. The average Bonchev–Trinajstić information content (AvgIpc) is 2.72. The second-order valence-electron chi connectivity index (χ2n) is 8.06. The first kappa shape index (κ1) is 18.0. The van der Waals surface area contributed by atoms with Crippen molar-refractivity contribution in [2.45, 2.75) is 46.1 Å². The maximum Gasteiger partial charge on any atom is 0.339 e. The minimum atomic E-state index is -0.186. The van der Waals surface area contributed by atoms with E-state index in [4.69, 9.17) is 9.15 Å². The van der Waals surface area contributed by atoms with Crippen molar-refractivity contribution in [3.63, 3.8) is 0 Å². The molecule has 4 aromatic rings. The molecule has 29 heavy (non-hydrogen) atoms. The van der Waals surface area contributed by atoms with Gasteiger partial charge in [-0.3, -0.25) is 0 Å². The lowest BCUT2D eigenvalue weighted by Crippen LogP contribution is -2.16. The molecular formula is C26H24O3. The molecule has 0 bridgehead atoms. The Morgan fingerprint density at radius 1 is 0.966 bits per heavy atom. The standard InChI is InChI=1S/C26H24O3/c1-16-13-23(25-20-9-5-6-10-21(20)26(27)29-24(25)14-16)28-15-22-17(2)11-12-18-7-3-4-8-19(18)22/h3-4,7-8,11-14H,5-6,9-10,15H2,1-2H3. The van der Waals surface area contributed by atoms with Crippen LogP contribution in [0.3, 0.4) is 0 Å². The highest BCUT2D eigenvalue weighted by Crippen LogP contribution is 2.35. The van der Waals surface area contributed by atoms with Crippen molar-refractivity contribution in [1.29, 1.82) is 0 Å². The van der Waals surface area contributed by atoms with Crippen LogP contribution < -0.4 is 10.4 Å². The molecule has 1 heterocycles. The largest absolute Gasteiger partial charge is 0.488 e. The Morgan fingerprint density at radius 3 is 2.62 bits per heavy atom. The van der Waals surface area contributed by atoms with Crippen LogP contribution >= 0.6 is 0 Å². The van der Waals surface area contributed by atoms with Crippen LogP contribution in [0.1, 0.15) is 40.7 Å². The smallest absolute Gasteiger partial charge is 0.339 e. The Kier molecular flexibility index (Phi) is 4.39. The van der Waals surface area contributed by atoms with E-state index in [2.05, 4.69) is 49.4 Å². The minimum absolute atomic E-state index is 0.186. The molecule has 0 unspecified atom stereocenters. The molecule has 3 heteroatoms. The lowest BCUT2D eigenvalue weighted by Gasteiger charge is -2.19. The molecule has 0 saturated carbocycles. The molecule has 3 aromatic carbocycles. The fourth-order valence-corrected chi connectivity index (χ4v) is 4.57. The van der Waals surface area contributed by atoms with E-state index in [9.17, 15) is 4.79 Å². The molecule has 1 aliphatic rings. The third-order valence-corrected chi connectivity index (χ3v) is 6.08. The number of aryl methyl sites for hydroxylation is 3. The zero-order valence-electron chi connectivity index (χ0n) is 16.9. The topological polar surface area (TPSA) is 39.4 Å². The highest BCUT2D eigenvalue weighted by molar-refractivity contribution is 5.89. The van der Waals surface area contributed by atoms with E-state index >= 15 is 0 Å². The van der Waals surface area contributed by atoms with Gasteiger partial charge in [0.05, 0.1) is 5.39 Å². The van der Waals surface area contributed by atoms with Gasteiger partial charge in [0.25, 0.3) is 0 Å². The van der Waals surface area contributed by atoms with Crippen molar-refractivity contribution in [2.24, 2.45) is 0 Å². The summed E-state index contributed by atoms with van der Waals surface area (Å²) in [5.41, 5.74) is 5.85. The lowest BCUT2D eigenvalue weighted by molar-refractivity contribution is 0.310. The van der Waals surface area contributed by atoms with Gasteiger partial charge in [-0.2, -0.15) is 0 Å². The summed E-state index contributed by atoms with van der Waals surface area (Å²) in [6.45, 7) is 4.62. The van der Waals surface area contributed by atoms with E-state index < -0.39 is 0 Å². The number of rotatable bonds is 3. The van der Waals surface area contributed by atoms with E-state index in [0.29, 0.717) is 12.2 Å². The number of benzene rings is 3. The second-order valence-corrected chi connectivity index (χ2v) is 8.06. The van der Waals surface area contributed by atoms with E-state index in [1.165, 1.54) is 21.9 Å². The fraction of sp³-hybridized carbons (Fsp3) is 0.269. The molecule has 0 radical (unpaired) electrons. The highest BCUT2D eigenvalue weighted by Gasteiger charge is 2.21. The third-order valence-electron chi connectivity index (χ3n) is 6.08. The van der Waals surface area contributed by atoms with Crippen LogP contribution in [-0.2, 0) is 19.4 Å². The quantitative estimate of drug-likeness (QED) is 0.405. The van der Waals surface area contributed by atoms with Gasteiger partial charge in [-0.25, -0.2) is 4.79 Å². The van der Waals surface area contributed by atoms with E-state index in [1.54, 1.807) is 0 Å². The van der Waals surface area contributed by atoms with Gasteiger partial charge < -0.3 is 9.15 Å². The number of hydrogen-bond acceptors (Lipinski definition) is 3. The van der Waals surface area contributed by atoms with Crippen LogP contribution in [0.4, 0.5) is 0 Å². The van der Waals surface area contributed by atoms with Crippen LogP contribution in [-0.4, -0.2) is 0 Å². The highest BCUT2D eigenvalue weighted by atomic mass is 16.5. The van der Waals surface area contributed by atoms with Crippen molar-refractivity contribution in [2.75, 3.05) is 0 Å². The first-order chi connectivity index (χ1) is 14.1. The second kappa shape index (κ2) is 7.07. The summed E-state index contributed by atoms with van der Waals surface area (Å²) in [4.78, 5) is 12.5. The molecular weight excluding hydrogens is 360 g/mol. The Hall–Kier alpha value is -3.07. The van der Waals surface area contributed by atoms with Crippen LogP contribution in [0.15, 0.2) is 57.7 Å². The van der Waals surface area contributed by atoms with Gasteiger partial charge in [-0.05, 0) is 79.1 Å². The molecule has 0 atom stereocenters. The van der Waals surface area contributed by atoms with Crippen molar-refractivity contribution < 1.29 is 9.15 Å². The molecule has 0 aliphatic heterocycles. The molecule has 0 saturated heterocycles. The van der Waals surface area contributed by atoms with Crippen molar-refractivity contribution >= 4 is 21.7 Å². The van der Waals surface area contributed by atoms with Crippen molar-refractivity contribution in [3.05, 3.63) is 86.8 Å². The van der Waals surface area contributed by atoms with E-state index in [0.717, 1.165) is 53.5 Å². The summed E-state index contributed by atoms with van der Waals surface area (Å²) in [7, 11) is 0. The Balaban J connectivity index is 1.63. The molecule has 1 aliphatic carbocycles. The first-order valence-corrected chi connectivity index (χ1v) is 10.3. The van der Waals surface area contributed by atoms with Crippen molar-refractivity contribution in [3.8, 4) is 5.75 Å². The average molecular weight is 384 g/mol. The van der Waals surface area contributed by atoms with Gasteiger partial charge in [-0.15, -0.1) is 0 Å². The van der Waals surface area contributed by atoms with Crippen LogP contribution in [0.25, 0.3) is 21.7 Å². The molecule has 5 rings (SSSR count). The summed E-state index contributed by atoms with van der Waals surface area (Å²) in [5, 5.41) is 3.41. The molecule has 0 fully saturated rings. The summed E-state index contributed by atoms with van der Waals surface area (Å²) < 4.78 is 12.1. The zero-order chi connectivity index (χ0) is 20.0. The summed E-state index contributed by atoms with van der Waals surface area (Å²) >= 11 is 0. The summed E-state index contributed by atoms with van der Waals surface area (Å²) in [5.74, 6) is 0.814. The summed E-state index contributed by atoms with van der Waals surface area (Å²) in [6.07, 6.45) is 3.84. The normalized spacial score (nSPS) is 13.6. The van der Waals surface area contributed by atoms with Gasteiger partial charge in [-0.1, -0.05) is 36.4 Å². The molecule has 146 valence electrons. The maximum absolute atomic E-state index is 12.5. The lowest BCUT2D eigenvalue weighted by atomic mass is 9.90. The number of hydrogen-bond donors (Lipinski definition) is 0. The predicted molar refractivity (Wildman–Crippen MR) is 117 cm³/mol. The molecule has 0 spiro atoms. The Morgan fingerprint density at radius 2 is 1.76 bits per heavy atom. The van der Waals surface area contributed by atoms with Gasteiger partial charge in [0.1, 0.15) is 17.9 Å². The minimum Gasteiger partial charge on any atom is -0.488 e. The third kappa shape index (κ3) is 3.11.